The van der Waals surface area contributed by atoms with Crippen molar-refractivity contribution in [1.82, 2.24) is 4.90 Å². The van der Waals surface area contributed by atoms with Crippen LogP contribution in [-0.2, 0) is 9.53 Å². The number of aliphatic hydroxyl groups is 1. The summed E-state index contributed by atoms with van der Waals surface area (Å²) in [5.74, 6) is 0.812. The van der Waals surface area contributed by atoms with Crippen LogP contribution in [0.3, 0.4) is 0 Å². The van der Waals surface area contributed by atoms with Gasteiger partial charge < -0.3 is 14.7 Å². The van der Waals surface area contributed by atoms with Crippen LogP contribution < -0.4 is 0 Å². The minimum atomic E-state index is -0.735. The lowest BCUT2D eigenvalue weighted by Gasteiger charge is -2.59. The maximum absolute atomic E-state index is 12.7. The van der Waals surface area contributed by atoms with Gasteiger partial charge in [-0.1, -0.05) is 27.2 Å². The second kappa shape index (κ2) is 6.28. The van der Waals surface area contributed by atoms with Gasteiger partial charge in [-0.25, -0.2) is 0 Å². The summed E-state index contributed by atoms with van der Waals surface area (Å²) in [7, 11) is 0. The number of carbonyl (C=O) groups is 1. The van der Waals surface area contributed by atoms with Gasteiger partial charge >= 0.3 is 0 Å². The molecular weight excluding hydrogens is 302 g/mol. The summed E-state index contributed by atoms with van der Waals surface area (Å²) in [6.45, 7) is 11.8. The first-order valence-electron chi connectivity index (χ1n) is 9.72. The van der Waals surface area contributed by atoms with E-state index in [1.165, 1.54) is 19.3 Å². The zero-order chi connectivity index (χ0) is 17.6. The van der Waals surface area contributed by atoms with Crippen molar-refractivity contribution in [1.29, 1.82) is 0 Å². The van der Waals surface area contributed by atoms with Crippen LogP contribution in [0.15, 0.2) is 0 Å². The highest BCUT2D eigenvalue weighted by atomic mass is 16.5. The highest BCUT2D eigenvalue weighted by molar-refractivity contribution is 5.76. The number of fused-ring (bicyclic) bond motifs is 1. The topological polar surface area (TPSA) is 49.8 Å². The minimum absolute atomic E-state index is 0.0722. The quantitative estimate of drug-likeness (QED) is 0.841. The van der Waals surface area contributed by atoms with Crippen LogP contribution in [0.25, 0.3) is 0 Å². The highest BCUT2D eigenvalue weighted by Crippen LogP contribution is 2.61. The van der Waals surface area contributed by atoms with Crippen molar-refractivity contribution in [2.45, 2.75) is 71.8 Å². The summed E-state index contributed by atoms with van der Waals surface area (Å²) in [5.41, 5.74) is -0.184. The lowest BCUT2D eigenvalue weighted by atomic mass is 9.47. The smallest absolute Gasteiger partial charge is 0.223 e. The molecule has 1 amide bonds. The number of rotatable bonds is 2. The van der Waals surface area contributed by atoms with Gasteiger partial charge in [0, 0.05) is 19.5 Å². The van der Waals surface area contributed by atoms with E-state index in [1.54, 1.807) is 0 Å². The van der Waals surface area contributed by atoms with Crippen LogP contribution in [0.5, 0.6) is 0 Å². The summed E-state index contributed by atoms with van der Waals surface area (Å²) in [5, 5.41) is 11.2. The lowest BCUT2D eigenvalue weighted by Crippen LogP contribution is -2.55. The summed E-state index contributed by atoms with van der Waals surface area (Å²) in [6.07, 6.45) is 6.05. The third kappa shape index (κ3) is 3.37. The van der Waals surface area contributed by atoms with Crippen LogP contribution in [-0.4, -0.2) is 47.8 Å². The predicted octanol–water partition coefficient (Wildman–Crippen LogP) is 3.23. The Hall–Kier alpha value is -0.610. The van der Waals surface area contributed by atoms with Gasteiger partial charge in [0.2, 0.25) is 5.91 Å². The molecule has 4 heteroatoms. The number of hydrogen-bond donors (Lipinski definition) is 1. The fourth-order valence-electron chi connectivity index (χ4n) is 5.81. The maximum atomic E-state index is 12.7. The van der Waals surface area contributed by atoms with Crippen LogP contribution in [0.2, 0.25) is 0 Å². The molecule has 0 aromatic heterocycles. The molecule has 0 bridgehead atoms. The Morgan fingerprint density at radius 2 is 1.79 bits per heavy atom. The molecule has 3 rings (SSSR count). The molecule has 1 saturated heterocycles. The van der Waals surface area contributed by atoms with Gasteiger partial charge in [-0.15, -0.1) is 0 Å². The minimum Gasteiger partial charge on any atom is -0.390 e. The van der Waals surface area contributed by atoms with E-state index in [4.69, 9.17) is 4.74 Å². The van der Waals surface area contributed by atoms with Gasteiger partial charge in [0.1, 0.15) is 0 Å². The van der Waals surface area contributed by atoms with E-state index in [1.807, 2.05) is 11.8 Å². The number of hydrogen-bond acceptors (Lipinski definition) is 3. The molecular formula is C20H35NO3. The summed E-state index contributed by atoms with van der Waals surface area (Å²) in [6, 6.07) is 0. The molecule has 0 spiro atoms. The highest BCUT2D eigenvalue weighted by Gasteiger charge is 2.55. The van der Waals surface area contributed by atoms with E-state index in [2.05, 4.69) is 20.8 Å². The molecule has 24 heavy (non-hydrogen) atoms. The Morgan fingerprint density at radius 3 is 2.46 bits per heavy atom. The Kier molecular flexibility index (Phi) is 4.76. The Morgan fingerprint density at radius 1 is 1.12 bits per heavy atom. The zero-order valence-electron chi connectivity index (χ0n) is 15.9. The third-order valence-electron chi connectivity index (χ3n) is 7.35. The van der Waals surface area contributed by atoms with Gasteiger partial charge in [0.05, 0.1) is 18.8 Å². The van der Waals surface area contributed by atoms with E-state index >= 15 is 0 Å². The molecule has 0 aromatic carbocycles. The van der Waals surface area contributed by atoms with Crippen LogP contribution in [0, 0.1) is 22.7 Å². The molecule has 0 radical (unpaired) electrons. The predicted molar refractivity (Wildman–Crippen MR) is 94.6 cm³/mol. The maximum Gasteiger partial charge on any atom is 0.223 e. The monoisotopic (exact) mass is 337 g/mol. The first-order valence-corrected chi connectivity index (χ1v) is 9.72. The van der Waals surface area contributed by atoms with Gasteiger partial charge in [-0.2, -0.15) is 0 Å². The van der Waals surface area contributed by atoms with E-state index in [9.17, 15) is 9.90 Å². The number of nitrogens with zero attached hydrogens (tertiary/aromatic N) is 1. The molecule has 0 aromatic rings. The fraction of sp³-hybridized carbons (Fsp3) is 0.950. The fourth-order valence-corrected chi connectivity index (χ4v) is 5.81. The number of amides is 1. The molecule has 1 N–H and O–H groups in total. The Balaban J connectivity index is 1.73. The molecule has 1 aliphatic heterocycles. The summed E-state index contributed by atoms with van der Waals surface area (Å²) in [4.78, 5) is 14.6. The molecule has 0 unspecified atom stereocenters. The van der Waals surface area contributed by atoms with Gasteiger partial charge in [0.25, 0.3) is 0 Å². The van der Waals surface area contributed by atoms with Crippen molar-refractivity contribution in [3.63, 3.8) is 0 Å². The van der Waals surface area contributed by atoms with Gasteiger partial charge in [-0.05, 0) is 55.3 Å². The van der Waals surface area contributed by atoms with Crippen LogP contribution in [0.1, 0.15) is 66.2 Å². The summed E-state index contributed by atoms with van der Waals surface area (Å²) < 4.78 is 5.35. The first-order chi connectivity index (χ1) is 11.1. The van der Waals surface area contributed by atoms with Crippen molar-refractivity contribution < 1.29 is 14.6 Å². The average Bonchev–Trinajstić information content (AvgIpc) is 2.50. The molecule has 3 aliphatic rings. The van der Waals surface area contributed by atoms with Crippen LogP contribution >= 0.6 is 0 Å². The lowest BCUT2D eigenvalue weighted by molar-refractivity contribution is -0.160. The number of morpholine rings is 1. The van der Waals surface area contributed by atoms with Crippen molar-refractivity contribution >= 4 is 5.91 Å². The number of ether oxygens (including phenoxy) is 1. The third-order valence-corrected chi connectivity index (χ3v) is 7.35. The zero-order valence-corrected chi connectivity index (χ0v) is 15.9. The van der Waals surface area contributed by atoms with E-state index in [0.29, 0.717) is 38.6 Å². The Bertz CT molecular complexity index is 481. The number of carbonyl (C=O) groups excluding carboxylic acids is 1. The van der Waals surface area contributed by atoms with Crippen molar-refractivity contribution in [2.75, 3.05) is 26.3 Å². The standard InChI is InChI=1S/C20H35NO3/c1-18(2)6-5-7-19(3)13-15(20(4,23)14-16(18)19)12-17(22)21-8-10-24-11-9-21/h15-16,23H,5-14H2,1-4H3/t15-,16-,19+,20-/m0/s1. The van der Waals surface area contributed by atoms with Crippen molar-refractivity contribution in [2.24, 2.45) is 22.7 Å². The molecule has 2 saturated carbocycles. The van der Waals surface area contributed by atoms with Gasteiger partial charge in [-0.3, -0.25) is 4.79 Å². The van der Waals surface area contributed by atoms with E-state index < -0.39 is 5.60 Å². The van der Waals surface area contributed by atoms with E-state index in [0.717, 1.165) is 12.8 Å². The molecule has 4 nitrogen and oxygen atoms in total. The largest absolute Gasteiger partial charge is 0.390 e. The van der Waals surface area contributed by atoms with Crippen LogP contribution in [0.4, 0.5) is 0 Å². The molecule has 2 aliphatic carbocycles. The SMILES string of the molecule is CC1(C)CCC[C@]2(C)C[C@H](CC(=O)N3CCOCC3)[C@@](C)(O)C[C@@H]12. The Labute approximate surface area is 146 Å². The van der Waals surface area contributed by atoms with Crippen molar-refractivity contribution in [3.05, 3.63) is 0 Å². The average molecular weight is 338 g/mol. The van der Waals surface area contributed by atoms with E-state index in [-0.39, 0.29) is 22.7 Å². The summed E-state index contributed by atoms with van der Waals surface area (Å²) >= 11 is 0. The van der Waals surface area contributed by atoms with Crippen molar-refractivity contribution in [3.8, 4) is 0 Å². The molecule has 138 valence electrons. The second-order valence-corrected chi connectivity index (χ2v) is 9.71. The molecule has 3 fully saturated rings. The second-order valence-electron chi connectivity index (χ2n) is 9.71. The first kappa shape index (κ1) is 18.2. The molecule has 4 atom stereocenters. The van der Waals surface area contributed by atoms with Gasteiger partial charge in [0.15, 0.2) is 0 Å². The molecule has 1 heterocycles. The normalized spacial score (nSPS) is 42.5.